The first-order valence-electron chi connectivity index (χ1n) is 11.1. The predicted octanol–water partition coefficient (Wildman–Crippen LogP) is 4.96. The number of aryl methyl sites for hydroxylation is 3. The van der Waals surface area contributed by atoms with E-state index in [9.17, 15) is 9.59 Å². The van der Waals surface area contributed by atoms with Crippen molar-refractivity contribution in [3.63, 3.8) is 0 Å². The van der Waals surface area contributed by atoms with Crippen LogP contribution in [0.5, 0.6) is 0 Å². The molecule has 0 fully saturated rings. The molecule has 0 aliphatic heterocycles. The van der Waals surface area contributed by atoms with Crippen molar-refractivity contribution in [1.29, 1.82) is 0 Å². The number of carbonyl (C=O) groups excluding carboxylic acids is 2. The molecule has 0 saturated carbocycles. The summed E-state index contributed by atoms with van der Waals surface area (Å²) in [7, 11) is 0. The zero-order valence-electron chi connectivity index (χ0n) is 18.9. The van der Waals surface area contributed by atoms with Crippen LogP contribution in [0.2, 0.25) is 0 Å². The zero-order chi connectivity index (χ0) is 21.9. The van der Waals surface area contributed by atoms with Gasteiger partial charge in [-0.1, -0.05) is 79.9 Å². The molecule has 2 aromatic carbocycles. The van der Waals surface area contributed by atoms with Crippen LogP contribution >= 0.6 is 0 Å². The highest BCUT2D eigenvalue weighted by Crippen LogP contribution is 2.16. The summed E-state index contributed by atoms with van der Waals surface area (Å²) in [6, 6.07) is 16.0. The van der Waals surface area contributed by atoms with Gasteiger partial charge < -0.3 is 10.2 Å². The molecule has 1 N–H and O–H groups in total. The maximum absolute atomic E-state index is 13.3. The Morgan fingerprint density at radius 2 is 1.70 bits per heavy atom. The summed E-state index contributed by atoms with van der Waals surface area (Å²) in [5.41, 5.74) is 4.56. The summed E-state index contributed by atoms with van der Waals surface area (Å²) in [6.07, 6.45) is 3.64. The first-order chi connectivity index (χ1) is 14.4. The smallest absolute Gasteiger partial charge is 0.242 e. The first-order valence-corrected chi connectivity index (χ1v) is 11.1. The number of hydrogen-bond donors (Lipinski definition) is 1. The van der Waals surface area contributed by atoms with Crippen LogP contribution in [0.1, 0.15) is 61.8 Å². The van der Waals surface area contributed by atoms with E-state index >= 15 is 0 Å². The van der Waals surface area contributed by atoms with Crippen molar-refractivity contribution in [1.82, 2.24) is 10.2 Å². The lowest BCUT2D eigenvalue weighted by molar-refractivity contribution is -0.141. The van der Waals surface area contributed by atoms with Gasteiger partial charge in [-0.15, -0.1) is 0 Å². The van der Waals surface area contributed by atoms with E-state index in [1.807, 2.05) is 32.0 Å². The number of rotatable bonds is 11. The van der Waals surface area contributed by atoms with Gasteiger partial charge >= 0.3 is 0 Å². The van der Waals surface area contributed by atoms with Crippen molar-refractivity contribution < 1.29 is 9.59 Å². The van der Waals surface area contributed by atoms with E-state index in [0.717, 1.165) is 29.5 Å². The van der Waals surface area contributed by atoms with Gasteiger partial charge in [0.2, 0.25) is 11.8 Å². The van der Waals surface area contributed by atoms with E-state index in [2.05, 4.69) is 49.5 Å². The van der Waals surface area contributed by atoms with Crippen LogP contribution in [0.4, 0.5) is 0 Å². The van der Waals surface area contributed by atoms with Crippen LogP contribution in [0.15, 0.2) is 48.5 Å². The van der Waals surface area contributed by atoms with Gasteiger partial charge in [0.25, 0.3) is 0 Å². The number of benzene rings is 2. The van der Waals surface area contributed by atoms with E-state index in [1.165, 1.54) is 5.56 Å². The summed E-state index contributed by atoms with van der Waals surface area (Å²) in [5.74, 6) is -0.0307. The summed E-state index contributed by atoms with van der Waals surface area (Å²) >= 11 is 0. The molecular formula is C26H36N2O2. The molecule has 0 aliphatic rings. The average molecular weight is 409 g/mol. The topological polar surface area (TPSA) is 49.4 Å². The van der Waals surface area contributed by atoms with E-state index < -0.39 is 6.04 Å². The summed E-state index contributed by atoms with van der Waals surface area (Å²) in [5, 5.41) is 3.01. The number of nitrogens with zero attached hydrogens (tertiary/aromatic N) is 1. The fraction of sp³-hybridized carbons (Fsp3) is 0.462. The molecule has 0 aliphatic carbocycles. The maximum atomic E-state index is 13.3. The Bertz CT molecular complexity index is 814. The van der Waals surface area contributed by atoms with Gasteiger partial charge in [0.1, 0.15) is 6.04 Å². The first kappa shape index (κ1) is 23.7. The molecule has 2 rings (SSSR count). The number of unbranched alkanes of at least 4 members (excludes halogenated alkanes) is 1. The van der Waals surface area contributed by atoms with E-state index in [-0.39, 0.29) is 11.8 Å². The second-order valence-corrected chi connectivity index (χ2v) is 8.06. The van der Waals surface area contributed by atoms with Gasteiger partial charge in [-0.3, -0.25) is 9.59 Å². The summed E-state index contributed by atoms with van der Waals surface area (Å²) < 4.78 is 0. The van der Waals surface area contributed by atoms with Crippen molar-refractivity contribution in [2.75, 3.05) is 6.54 Å². The molecule has 162 valence electrons. The van der Waals surface area contributed by atoms with Crippen molar-refractivity contribution in [2.45, 2.75) is 72.4 Å². The molecule has 30 heavy (non-hydrogen) atoms. The van der Waals surface area contributed by atoms with Gasteiger partial charge in [0.15, 0.2) is 0 Å². The third-order valence-electron chi connectivity index (χ3n) is 5.40. The Hall–Kier alpha value is -2.62. The lowest BCUT2D eigenvalue weighted by Gasteiger charge is -2.31. The highest BCUT2D eigenvalue weighted by atomic mass is 16.2. The number of carbonyl (C=O) groups is 2. The molecular weight excluding hydrogens is 372 g/mol. The molecule has 2 amide bonds. The minimum Gasteiger partial charge on any atom is -0.354 e. The lowest BCUT2D eigenvalue weighted by Crippen LogP contribution is -2.49. The SMILES string of the molecule is CCCCNC(=O)[C@@H](CC)N(Cc1cccc(C)c1)C(=O)CCc1ccc(C)cc1. The second kappa shape index (κ2) is 12.2. The van der Waals surface area contributed by atoms with Crippen LogP contribution in [0.3, 0.4) is 0 Å². The standard InChI is InChI=1S/C26H36N2O2/c1-5-7-17-27-26(30)24(6-2)28(19-23-10-8-9-21(4)18-23)25(29)16-15-22-13-11-20(3)12-14-22/h8-14,18,24H,5-7,15-17,19H2,1-4H3,(H,27,30)/t24-/m1/s1. The molecule has 0 saturated heterocycles. The average Bonchev–Trinajstić information content (AvgIpc) is 2.73. The van der Waals surface area contributed by atoms with Gasteiger partial charge in [0, 0.05) is 19.5 Å². The number of nitrogens with one attached hydrogen (secondary N) is 1. The Morgan fingerprint density at radius 3 is 2.33 bits per heavy atom. The van der Waals surface area contributed by atoms with E-state index in [4.69, 9.17) is 0 Å². The quantitative estimate of drug-likeness (QED) is 0.534. The molecule has 0 aromatic heterocycles. The van der Waals surface area contributed by atoms with Gasteiger partial charge in [-0.25, -0.2) is 0 Å². The fourth-order valence-electron chi connectivity index (χ4n) is 3.58. The van der Waals surface area contributed by atoms with Crippen LogP contribution < -0.4 is 5.32 Å². The molecule has 4 nitrogen and oxygen atoms in total. The maximum Gasteiger partial charge on any atom is 0.242 e. The molecule has 0 bridgehead atoms. The number of amides is 2. The van der Waals surface area contributed by atoms with Crippen LogP contribution in [0, 0.1) is 13.8 Å². The van der Waals surface area contributed by atoms with Gasteiger partial charge in [0.05, 0.1) is 0 Å². The van der Waals surface area contributed by atoms with Gasteiger partial charge in [-0.05, 0) is 44.2 Å². The monoisotopic (exact) mass is 408 g/mol. The van der Waals surface area contributed by atoms with E-state index in [1.54, 1.807) is 4.90 Å². The molecule has 0 unspecified atom stereocenters. The van der Waals surface area contributed by atoms with E-state index in [0.29, 0.717) is 32.4 Å². The summed E-state index contributed by atoms with van der Waals surface area (Å²) in [4.78, 5) is 27.9. The van der Waals surface area contributed by atoms with Crippen molar-refractivity contribution in [3.05, 3.63) is 70.8 Å². The second-order valence-electron chi connectivity index (χ2n) is 8.06. The Balaban J connectivity index is 2.16. The zero-order valence-corrected chi connectivity index (χ0v) is 18.9. The largest absolute Gasteiger partial charge is 0.354 e. The Kier molecular flexibility index (Phi) is 9.59. The van der Waals surface area contributed by atoms with Crippen molar-refractivity contribution in [3.8, 4) is 0 Å². The predicted molar refractivity (Wildman–Crippen MR) is 123 cm³/mol. The normalized spacial score (nSPS) is 11.7. The molecule has 2 aromatic rings. The molecule has 0 heterocycles. The third-order valence-corrected chi connectivity index (χ3v) is 5.40. The van der Waals surface area contributed by atoms with Crippen LogP contribution in [-0.2, 0) is 22.6 Å². The minimum absolute atomic E-state index is 0.0228. The molecule has 0 radical (unpaired) electrons. The van der Waals surface area contributed by atoms with Crippen molar-refractivity contribution in [2.24, 2.45) is 0 Å². The molecule has 1 atom stereocenters. The van der Waals surface area contributed by atoms with Crippen molar-refractivity contribution >= 4 is 11.8 Å². The third kappa shape index (κ3) is 7.33. The van der Waals surface area contributed by atoms with Crippen LogP contribution in [0.25, 0.3) is 0 Å². The Labute approximate surface area is 181 Å². The lowest BCUT2D eigenvalue weighted by atomic mass is 10.0. The molecule has 0 spiro atoms. The fourth-order valence-corrected chi connectivity index (χ4v) is 3.58. The highest BCUT2D eigenvalue weighted by Gasteiger charge is 2.28. The molecule has 4 heteroatoms. The highest BCUT2D eigenvalue weighted by molar-refractivity contribution is 5.87. The Morgan fingerprint density at radius 1 is 0.967 bits per heavy atom. The van der Waals surface area contributed by atoms with Crippen LogP contribution in [-0.4, -0.2) is 29.3 Å². The minimum atomic E-state index is -0.451. The van der Waals surface area contributed by atoms with Gasteiger partial charge in [-0.2, -0.15) is 0 Å². The summed E-state index contributed by atoms with van der Waals surface area (Å²) in [6.45, 7) is 9.28. The number of hydrogen-bond acceptors (Lipinski definition) is 2.